The molecule has 0 amide bonds. The van der Waals surface area contributed by atoms with Crippen LogP contribution in [0.2, 0.25) is 10.0 Å². The smallest absolute Gasteiger partial charge is 0.0595 e. The highest BCUT2D eigenvalue weighted by Gasteiger charge is 2.67. The minimum Gasteiger partial charge on any atom is -0.330 e. The molecule has 2 aliphatic rings. The van der Waals surface area contributed by atoms with E-state index in [0.717, 1.165) is 26.1 Å². The van der Waals surface area contributed by atoms with E-state index < -0.39 is 0 Å². The molecule has 92 valence electrons. The fourth-order valence-corrected chi connectivity index (χ4v) is 3.73. The third-order valence-corrected chi connectivity index (χ3v) is 5.32. The van der Waals surface area contributed by atoms with E-state index in [2.05, 4.69) is 11.4 Å². The van der Waals surface area contributed by atoms with E-state index in [-0.39, 0.29) is 10.8 Å². The van der Waals surface area contributed by atoms with Crippen LogP contribution in [-0.4, -0.2) is 19.6 Å². The van der Waals surface area contributed by atoms with Crippen molar-refractivity contribution in [3.8, 4) is 0 Å². The molecule has 3 N–H and O–H groups in total. The summed E-state index contributed by atoms with van der Waals surface area (Å²) in [6, 6.07) is 6.03. The van der Waals surface area contributed by atoms with Crippen LogP contribution in [0, 0.1) is 5.41 Å². The van der Waals surface area contributed by atoms with Gasteiger partial charge in [-0.3, -0.25) is 0 Å². The zero-order chi connectivity index (χ0) is 12.1. The van der Waals surface area contributed by atoms with Crippen LogP contribution in [0.1, 0.15) is 18.4 Å². The van der Waals surface area contributed by atoms with Gasteiger partial charge >= 0.3 is 0 Å². The van der Waals surface area contributed by atoms with Crippen LogP contribution >= 0.6 is 23.2 Å². The fraction of sp³-hybridized carbons (Fsp3) is 0.538. The molecule has 1 aliphatic heterocycles. The maximum absolute atomic E-state index is 6.12. The van der Waals surface area contributed by atoms with Gasteiger partial charge in [0, 0.05) is 23.9 Å². The quantitative estimate of drug-likeness (QED) is 0.867. The Bertz CT molecular complexity index is 463. The van der Waals surface area contributed by atoms with Gasteiger partial charge in [0.2, 0.25) is 0 Å². The van der Waals surface area contributed by atoms with Crippen LogP contribution in [0.3, 0.4) is 0 Å². The summed E-state index contributed by atoms with van der Waals surface area (Å²) < 4.78 is 0. The van der Waals surface area contributed by atoms with Gasteiger partial charge in [-0.15, -0.1) is 0 Å². The van der Waals surface area contributed by atoms with E-state index in [1.165, 1.54) is 12.0 Å². The topological polar surface area (TPSA) is 38.0 Å². The van der Waals surface area contributed by atoms with Gasteiger partial charge in [-0.1, -0.05) is 29.3 Å². The maximum atomic E-state index is 6.12. The van der Waals surface area contributed by atoms with Gasteiger partial charge in [0.05, 0.1) is 10.0 Å². The summed E-state index contributed by atoms with van der Waals surface area (Å²) >= 11 is 12.1. The molecule has 1 aromatic rings. The van der Waals surface area contributed by atoms with Crippen LogP contribution in [0.5, 0.6) is 0 Å². The third-order valence-electron chi connectivity index (χ3n) is 4.59. The molecular formula is C13H16Cl2N2. The van der Waals surface area contributed by atoms with E-state index in [1.54, 1.807) is 0 Å². The van der Waals surface area contributed by atoms with Crippen LogP contribution in [0.25, 0.3) is 0 Å². The summed E-state index contributed by atoms with van der Waals surface area (Å²) in [6.07, 6.45) is 2.31. The minimum atomic E-state index is 0.237. The molecule has 1 heterocycles. The average Bonchev–Trinajstić information content (AvgIpc) is 3.04. The van der Waals surface area contributed by atoms with E-state index in [1.807, 2.05) is 12.1 Å². The molecule has 2 nitrogen and oxygen atoms in total. The molecule has 0 spiro atoms. The highest BCUT2D eigenvalue weighted by Crippen LogP contribution is 2.67. The highest BCUT2D eigenvalue weighted by atomic mass is 35.5. The van der Waals surface area contributed by atoms with Gasteiger partial charge in [-0.25, -0.2) is 0 Å². The lowest BCUT2D eigenvalue weighted by molar-refractivity contribution is 0.329. The van der Waals surface area contributed by atoms with Crippen molar-refractivity contribution in [1.82, 2.24) is 5.32 Å². The average molecular weight is 271 g/mol. The second-order valence-electron chi connectivity index (χ2n) is 5.30. The number of hydrogen-bond acceptors (Lipinski definition) is 2. The summed E-state index contributed by atoms with van der Waals surface area (Å²) in [5, 5.41) is 4.72. The van der Waals surface area contributed by atoms with Crippen molar-refractivity contribution in [3.63, 3.8) is 0 Å². The zero-order valence-corrected chi connectivity index (χ0v) is 11.1. The summed E-state index contributed by atoms with van der Waals surface area (Å²) in [5.41, 5.74) is 7.75. The Labute approximate surface area is 111 Å². The molecule has 0 radical (unpaired) electrons. The first-order valence-electron chi connectivity index (χ1n) is 6.00. The number of piperidine rings is 1. The standard InChI is InChI=1S/C13H16Cl2N2/c14-10-2-1-9(5-11(10)15)13-3-4-17-8-12(13,6-13)7-16/h1-2,5,17H,3-4,6-8,16H2. The number of nitrogens with two attached hydrogens (primary N) is 1. The summed E-state index contributed by atoms with van der Waals surface area (Å²) in [7, 11) is 0. The summed E-state index contributed by atoms with van der Waals surface area (Å²) in [5.74, 6) is 0. The van der Waals surface area contributed by atoms with Gasteiger partial charge in [-0.2, -0.15) is 0 Å². The summed E-state index contributed by atoms with van der Waals surface area (Å²) in [6.45, 7) is 2.81. The van der Waals surface area contributed by atoms with E-state index >= 15 is 0 Å². The number of halogens is 2. The molecular weight excluding hydrogens is 255 g/mol. The normalized spacial score (nSPS) is 35.5. The monoisotopic (exact) mass is 270 g/mol. The largest absolute Gasteiger partial charge is 0.330 e. The molecule has 2 atom stereocenters. The third kappa shape index (κ3) is 1.55. The minimum absolute atomic E-state index is 0.237. The Morgan fingerprint density at radius 2 is 2.12 bits per heavy atom. The molecule has 1 saturated carbocycles. The Balaban J connectivity index is 2.01. The Kier molecular flexibility index (Phi) is 2.67. The molecule has 17 heavy (non-hydrogen) atoms. The highest BCUT2D eigenvalue weighted by molar-refractivity contribution is 6.42. The van der Waals surface area contributed by atoms with Crippen LogP contribution < -0.4 is 11.1 Å². The lowest BCUT2D eigenvalue weighted by atomic mass is 9.81. The first-order valence-corrected chi connectivity index (χ1v) is 6.76. The predicted molar refractivity (Wildman–Crippen MR) is 71.7 cm³/mol. The number of nitrogens with one attached hydrogen (secondary N) is 1. The van der Waals surface area contributed by atoms with Crippen molar-refractivity contribution in [2.75, 3.05) is 19.6 Å². The van der Waals surface area contributed by atoms with Crippen molar-refractivity contribution in [2.45, 2.75) is 18.3 Å². The van der Waals surface area contributed by atoms with Crippen molar-refractivity contribution in [1.29, 1.82) is 0 Å². The number of hydrogen-bond donors (Lipinski definition) is 2. The predicted octanol–water partition coefficient (Wildman–Crippen LogP) is 2.57. The van der Waals surface area contributed by atoms with Crippen LogP contribution in [0.4, 0.5) is 0 Å². The molecule has 2 fully saturated rings. The lowest BCUT2D eigenvalue weighted by Gasteiger charge is -2.31. The van der Waals surface area contributed by atoms with Crippen molar-refractivity contribution < 1.29 is 0 Å². The van der Waals surface area contributed by atoms with Gasteiger partial charge < -0.3 is 11.1 Å². The number of benzene rings is 1. The Morgan fingerprint density at radius 1 is 1.29 bits per heavy atom. The van der Waals surface area contributed by atoms with Crippen molar-refractivity contribution >= 4 is 23.2 Å². The van der Waals surface area contributed by atoms with Crippen molar-refractivity contribution in [2.24, 2.45) is 11.1 Å². The lowest BCUT2D eigenvalue weighted by Crippen LogP contribution is -2.42. The molecule has 1 aliphatic carbocycles. The van der Waals surface area contributed by atoms with Crippen molar-refractivity contribution in [3.05, 3.63) is 33.8 Å². The Morgan fingerprint density at radius 3 is 2.82 bits per heavy atom. The second-order valence-corrected chi connectivity index (χ2v) is 6.11. The first-order chi connectivity index (χ1) is 8.13. The molecule has 0 aromatic heterocycles. The van der Waals surface area contributed by atoms with E-state index in [0.29, 0.717) is 10.0 Å². The van der Waals surface area contributed by atoms with E-state index in [4.69, 9.17) is 28.9 Å². The number of fused-ring (bicyclic) bond motifs is 1. The maximum Gasteiger partial charge on any atom is 0.0595 e. The molecule has 3 rings (SSSR count). The SMILES string of the molecule is NCC12CNCCC1(c1ccc(Cl)c(Cl)c1)C2. The van der Waals surface area contributed by atoms with E-state index in [9.17, 15) is 0 Å². The molecule has 0 bridgehead atoms. The van der Waals surface area contributed by atoms with Gasteiger partial charge in [0.15, 0.2) is 0 Å². The first kappa shape index (κ1) is 11.8. The van der Waals surface area contributed by atoms with Crippen LogP contribution in [-0.2, 0) is 5.41 Å². The molecule has 2 unspecified atom stereocenters. The summed E-state index contributed by atoms with van der Waals surface area (Å²) in [4.78, 5) is 0. The molecule has 1 aromatic carbocycles. The molecule has 1 saturated heterocycles. The zero-order valence-electron chi connectivity index (χ0n) is 9.60. The number of rotatable bonds is 2. The second kappa shape index (κ2) is 3.86. The molecule has 4 heteroatoms. The van der Waals surface area contributed by atoms with Gasteiger partial charge in [-0.05, 0) is 37.1 Å². The fourth-order valence-electron chi connectivity index (χ4n) is 3.43. The van der Waals surface area contributed by atoms with Gasteiger partial charge in [0.25, 0.3) is 0 Å². The van der Waals surface area contributed by atoms with Gasteiger partial charge in [0.1, 0.15) is 0 Å². The Hall–Kier alpha value is -0.280. The van der Waals surface area contributed by atoms with Crippen LogP contribution in [0.15, 0.2) is 18.2 Å².